The molecule has 1 N–H and O–H groups in total. The summed E-state index contributed by atoms with van der Waals surface area (Å²) in [7, 11) is -8.26. The zero-order valence-corrected chi connectivity index (χ0v) is 48.6. The van der Waals surface area contributed by atoms with Crippen molar-refractivity contribution in [3.8, 4) is 11.5 Å². The van der Waals surface area contributed by atoms with Gasteiger partial charge in [0.1, 0.15) is 11.5 Å². The van der Waals surface area contributed by atoms with Gasteiger partial charge < -0.3 is 33.3 Å². The van der Waals surface area contributed by atoms with E-state index >= 15 is 0 Å². The number of phenols is 1. The van der Waals surface area contributed by atoms with Crippen LogP contribution in [0.4, 0.5) is 0 Å². The Morgan fingerprint density at radius 3 is 1.00 bits per heavy atom. The van der Waals surface area contributed by atoms with Gasteiger partial charge in [0.2, 0.25) is 0 Å². The summed E-state index contributed by atoms with van der Waals surface area (Å²) in [6.07, 6.45) is 1.21. The van der Waals surface area contributed by atoms with Gasteiger partial charge in [-0.1, -0.05) is 93.6 Å². The highest BCUT2D eigenvalue weighted by atomic mass is 35.5. The summed E-state index contributed by atoms with van der Waals surface area (Å²) in [4.78, 5) is 52.4. The van der Waals surface area contributed by atoms with Crippen LogP contribution in [0.3, 0.4) is 0 Å². The first kappa shape index (κ1) is 68.0. The third-order valence-electron chi connectivity index (χ3n) is 9.63. The Morgan fingerprint density at radius 1 is 0.513 bits per heavy atom. The van der Waals surface area contributed by atoms with E-state index in [4.69, 9.17) is 47.0 Å². The Hall–Kier alpha value is -6.03. The molecule has 0 atom stereocenters. The van der Waals surface area contributed by atoms with Crippen molar-refractivity contribution in [3.63, 3.8) is 0 Å². The molecule has 0 aliphatic heterocycles. The zero-order chi connectivity index (χ0) is 57.6. The fourth-order valence-corrected chi connectivity index (χ4v) is 11.0. The van der Waals surface area contributed by atoms with Crippen molar-refractivity contribution in [3.05, 3.63) is 168 Å². The van der Waals surface area contributed by atoms with Gasteiger partial charge >= 0.3 is 17.9 Å². The van der Waals surface area contributed by atoms with E-state index < -0.39 is 50.0 Å². The zero-order valence-electron chi connectivity index (χ0n) is 44.6. The van der Waals surface area contributed by atoms with Crippen molar-refractivity contribution in [1.82, 2.24) is 4.90 Å². The van der Waals surface area contributed by atoms with E-state index in [0.717, 1.165) is 27.1 Å². The lowest BCUT2D eigenvalue weighted by Gasteiger charge is -2.14. The summed E-state index contributed by atoms with van der Waals surface area (Å²) in [5.41, 5.74) is 3.58. The molecule has 0 unspecified atom stereocenters. The van der Waals surface area contributed by atoms with Gasteiger partial charge in [0.05, 0.1) is 42.0 Å². The van der Waals surface area contributed by atoms with Crippen molar-refractivity contribution in [2.45, 2.75) is 91.7 Å². The first-order chi connectivity index (χ1) is 35.6. The second kappa shape index (κ2) is 35.3. The van der Waals surface area contributed by atoms with Gasteiger partial charge in [-0.25, -0.2) is 21.6 Å². The van der Waals surface area contributed by atoms with Gasteiger partial charge in [0, 0.05) is 50.6 Å². The van der Waals surface area contributed by atoms with E-state index in [1.54, 1.807) is 0 Å². The Morgan fingerprint density at radius 2 is 0.776 bits per heavy atom. The quantitative estimate of drug-likeness (QED) is 0.0351. The largest absolute Gasteiger partial charge is 0.748 e. The molecule has 20 heteroatoms. The number of aryl methyl sites for hydroxylation is 4. The number of aromatic hydroxyl groups is 1. The van der Waals surface area contributed by atoms with Gasteiger partial charge in [-0.05, 0) is 130 Å². The fourth-order valence-electron chi connectivity index (χ4n) is 6.40. The van der Waals surface area contributed by atoms with Crippen LogP contribution in [0.15, 0.2) is 175 Å². The van der Waals surface area contributed by atoms with Crippen LogP contribution in [0.25, 0.3) is 0 Å². The normalized spacial score (nSPS) is 10.5. The molecule has 0 radical (unpaired) electrons. The van der Waals surface area contributed by atoms with E-state index in [0.29, 0.717) is 24.0 Å². The molecule has 0 spiro atoms. The van der Waals surface area contributed by atoms with Crippen molar-refractivity contribution in [2.24, 2.45) is 0 Å². The van der Waals surface area contributed by atoms with Crippen LogP contribution in [0.1, 0.15) is 56.9 Å². The fraction of sp³-hybridized carbons (Fsp3) is 0.286. The third-order valence-corrected chi connectivity index (χ3v) is 14.1. The Kier molecular flexibility index (Phi) is 31.6. The molecule has 76 heavy (non-hydrogen) atoms. The summed E-state index contributed by atoms with van der Waals surface area (Å²) >= 11 is 4.81. The maximum Gasteiger partial charge on any atom is 0.349 e. The monoisotopic (exact) mass is 1140 g/mol. The average molecular weight is 1140 g/mol. The number of benzene rings is 6. The molecule has 412 valence electrons. The number of halogens is 1. The minimum Gasteiger partial charge on any atom is -0.748 e. The Bertz CT molecular complexity index is 2760. The third kappa shape index (κ3) is 29.3. The predicted octanol–water partition coefficient (Wildman–Crippen LogP) is 9.96. The lowest BCUT2D eigenvalue weighted by molar-refractivity contribution is -0.152. The molecule has 0 bridgehead atoms. The van der Waals surface area contributed by atoms with E-state index in [-0.39, 0.29) is 28.4 Å². The highest BCUT2D eigenvalue weighted by Crippen LogP contribution is 2.36. The summed E-state index contributed by atoms with van der Waals surface area (Å²) in [6, 6.07) is 50.2. The molecule has 0 aliphatic rings. The maximum atomic E-state index is 12.0. The molecule has 6 aromatic carbocycles. The topological polar surface area (TPSA) is 234 Å². The van der Waals surface area contributed by atoms with Crippen molar-refractivity contribution in [1.29, 1.82) is 0 Å². The van der Waals surface area contributed by atoms with Crippen LogP contribution in [0.2, 0.25) is 0 Å². The van der Waals surface area contributed by atoms with Crippen LogP contribution in [-0.4, -0.2) is 104 Å². The van der Waals surface area contributed by atoms with Gasteiger partial charge in [-0.2, -0.15) is 0 Å². The molecule has 0 aliphatic carbocycles. The van der Waals surface area contributed by atoms with Gasteiger partial charge in [0.15, 0.2) is 42.6 Å². The molecular weight excluding hydrogens is 1070 g/mol. The lowest BCUT2D eigenvalue weighted by Crippen LogP contribution is -2.21. The first-order valence-electron chi connectivity index (χ1n) is 23.4. The smallest absolute Gasteiger partial charge is 0.349 e. The maximum absolute atomic E-state index is 12.0. The van der Waals surface area contributed by atoms with Crippen molar-refractivity contribution in [2.75, 3.05) is 45.4 Å². The van der Waals surface area contributed by atoms with Crippen molar-refractivity contribution >= 4 is 76.8 Å². The van der Waals surface area contributed by atoms with E-state index in [1.165, 1.54) is 58.0 Å². The minimum atomic E-state index is -3.92. The van der Waals surface area contributed by atoms with Crippen molar-refractivity contribution < 1.29 is 64.4 Å². The SMILES string of the molecule is CC(=O)OCC(=O)Cl.CC(=O)OCC(=O)Oc1c(C)cc([S+](c2ccccc2)c2ccccc2)cc1C.CCN(CC)CC.CS(=O)(=O)[O-].CS(=O)(=O)[O-].Cc1cc([S+](c2ccccc2)c2ccccc2)cc(C)c1O. The molecule has 6 rings (SSSR count). The van der Waals surface area contributed by atoms with Crippen LogP contribution in [0, 0.1) is 27.7 Å². The summed E-state index contributed by atoms with van der Waals surface area (Å²) in [6.45, 7) is 19.6. The molecule has 0 saturated carbocycles. The molecular formula is C56H68ClNO14S4. The van der Waals surface area contributed by atoms with E-state index in [2.05, 4.69) is 127 Å². The molecule has 0 fully saturated rings. The summed E-state index contributed by atoms with van der Waals surface area (Å²) in [5, 5.41) is 9.39. The van der Waals surface area contributed by atoms with Gasteiger partial charge in [0.25, 0.3) is 5.24 Å². The number of hydrogen-bond donors (Lipinski definition) is 1. The molecule has 15 nitrogen and oxygen atoms in total. The molecule has 0 amide bonds. The average Bonchev–Trinajstić information content (AvgIpc) is 3.35. The predicted molar refractivity (Wildman–Crippen MR) is 298 cm³/mol. The number of ether oxygens (including phenoxy) is 3. The molecule has 0 saturated heterocycles. The number of rotatable bonds is 14. The number of hydrogen-bond acceptors (Lipinski definition) is 15. The van der Waals surface area contributed by atoms with Crippen LogP contribution >= 0.6 is 11.6 Å². The van der Waals surface area contributed by atoms with Crippen LogP contribution in [0.5, 0.6) is 11.5 Å². The second-order valence-electron chi connectivity index (χ2n) is 16.1. The molecule has 6 aromatic rings. The Labute approximate surface area is 459 Å². The number of carbonyl (C=O) groups is 4. The molecule has 0 heterocycles. The number of nitrogens with zero attached hydrogens (tertiary/aromatic N) is 1. The van der Waals surface area contributed by atoms with E-state index in [9.17, 15) is 24.3 Å². The second-order valence-corrected chi connectivity index (χ2v) is 23.4. The number of esters is 3. The highest BCUT2D eigenvalue weighted by molar-refractivity contribution is 7.97. The van der Waals surface area contributed by atoms with Gasteiger partial charge in [-0.3, -0.25) is 14.4 Å². The number of phenolic OH excluding ortho intramolecular Hbond substituents is 1. The standard InChI is InChI=1S/C24H23O4S.C20H18OS.C6H15N.C4H5ClO3.2CH4O3S/c1-17-14-22(15-18(2)24(17)28-23(26)16-27-19(3)25)29(20-10-6-4-7-11-20)21-12-8-5-9-13-21;1-15-13-19(14-16(2)20(15)21)22(17-9-5-3-6-10-17)18-11-7-4-8-12-18;1-4-7(5-2)6-3;1-3(6)8-2-4(5)7;2*1-5(2,3)4/h4-15H,16H2,1-3H3;3-14H,1-2H3;4-6H2,1-3H3;2H2,1H3;2*1H3,(H,2,3,4)/q+1;;;;;/p-1. The van der Waals surface area contributed by atoms with Crippen LogP contribution in [-0.2, 0) is 70.7 Å². The van der Waals surface area contributed by atoms with E-state index in [1.807, 2.05) is 76.2 Å². The number of carbonyl (C=O) groups excluding carboxylic acids is 4. The Balaban J connectivity index is 0.000000535. The first-order valence-corrected chi connectivity index (χ1v) is 29.9. The summed E-state index contributed by atoms with van der Waals surface area (Å²) < 4.78 is 68.8. The summed E-state index contributed by atoms with van der Waals surface area (Å²) in [5.74, 6) is -0.701. The van der Waals surface area contributed by atoms with Gasteiger partial charge in [-0.15, -0.1) is 0 Å². The van der Waals surface area contributed by atoms with Crippen LogP contribution < -0.4 is 4.74 Å². The highest BCUT2D eigenvalue weighted by Gasteiger charge is 2.31. The molecule has 0 aromatic heterocycles. The lowest BCUT2D eigenvalue weighted by atomic mass is 10.1. The minimum absolute atomic E-state index is 0.155.